The predicted octanol–water partition coefficient (Wildman–Crippen LogP) is 5.02. The number of aromatic carboxylic acids is 1. The molecule has 0 saturated carbocycles. The molecule has 3 N–H and O–H groups in total. The molecule has 0 aliphatic heterocycles. The summed E-state index contributed by atoms with van der Waals surface area (Å²) in [6, 6.07) is 19.8. The van der Waals surface area contributed by atoms with Gasteiger partial charge in [0.1, 0.15) is 0 Å². The van der Waals surface area contributed by atoms with Crippen molar-refractivity contribution in [3.63, 3.8) is 0 Å². The minimum Gasteiger partial charge on any atom is -0.478 e. The van der Waals surface area contributed by atoms with E-state index in [1.807, 2.05) is 0 Å². The van der Waals surface area contributed by atoms with Gasteiger partial charge in [0.15, 0.2) is 0 Å². The number of carboxylic acid groups (broad SMARTS) is 1. The van der Waals surface area contributed by atoms with Gasteiger partial charge >= 0.3 is 5.97 Å². The molecule has 0 aliphatic carbocycles. The zero-order chi connectivity index (χ0) is 21.5. The molecule has 0 unspecified atom stereocenters. The van der Waals surface area contributed by atoms with Crippen molar-refractivity contribution in [3.05, 3.63) is 88.9 Å². The lowest BCUT2D eigenvalue weighted by Crippen LogP contribution is -2.16. The second kappa shape index (κ2) is 9.96. The molecule has 2 amide bonds. The molecule has 0 atom stereocenters. The average molecular weight is 441 g/mol. The number of benzene rings is 3. The van der Waals surface area contributed by atoms with Gasteiger partial charge in [-0.25, -0.2) is 4.79 Å². The van der Waals surface area contributed by atoms with E-state index in [0.29, 0.717) is 16.4 Å². The van der Waals surface area contributed by atoms with Crippen molar-refractivity contribution < 1.29 is 19.5 Å². The summed E-state index contributed by atoms with van der Waals surface area (Å²) in [6.07, 6.45) is 0. The molecule has 0 bridgehead atoms. The van der Waals surface area contributed by atoms with Gasteiger partial charge in [-0.15, -0.1) is 11.8 Å². The quantitative estimate of drug-likeness (QED) is 0.448. The van der Waals surface area contributed by atoms with Crippen LogP contribution in [-0.2, 0) is 4.79 Å². The van der Waals surface area contributed by atoms with Gasteiger partial charge in [0.05, 0.1) is 16.9 Å². The summed E-state index contributed by atoms with van der Waals surface area (Å²) >= 11 is 7.17. The number of carboxylic acids is 1. The lowest BCUT2D eigenvalue weighted by molar-refractivity contribution is -0.113. The van der Waals surface area contributed by atoms with Crippen LogP contribution in [0.25, 0.3) is 0 Å². The van der Waals surface area contributed by atoms with Crippen molar-refractivity contribution >= 4 is 52.5 Å². The van der Waals surface area contributed by atoms with Gasteiger partial charge in [-0.2, -0.15) is 0 Å². The third-order valence-corrected chi connectivity index (χ3v) is 5.28. The Labute approximate surface area is 182 Å². The SMILES string of the molecule is O=C(CSc1ccc(NC(=O)c2ccccc2C(=O)O)cc1)Nc1ccc(Cl)cc1. The van der Waals surface area contributed by atoms with Crippen LogP contribution in [0.3, 0.4) is 0 Å². The first-order chi connectivity index (χ1) is 14.4. The first kappa shape index (κ1) is 21.4. The number of anilines is 2. The summed E-state index contributed by atoms with van der Waals surface area (Å²) < 4.78 is 0. The maximum Gasteiger partial charge on any atom is 0.336 e. The fourth-order valence-electron chi connectivity index (χ4n) is 2.58. The maximum atomic E-state index is 12.4. The van der Waals surface area contributed by atoms with Crippen molar-refractivity contribution in [2.24, 2.45) is 0 Å². The molecule has 152 valence electrons. The summed E-state index contributed by atoms with van der Waals surface area (Å²) in [7, 11) is 0. The Morgan fingerprint density at radius 3 is 2.00 bits per heavy atom. The summed E-state index contributed by atoms with van der Waals surface area (Å²) in [5, 5.41) is 15.3. The van der Waals surface area contributed by atoms with Crippen LogP contribution in [0.2, 0.25) is 5.02 Å². The Hall–Kier alpha value is -3.29. The second-order valence-electron chi connectivity index (χ2n) is 6.17. The van der Waals surface area contributed by atoms with Crippen LogP contribution in [-0.4, -0.2) is 28.6 Å². The zero-order valence-corrected chi connectivity index (χ0v) is 17.2. The van der Waals surface area contributed by atoms with E-state index < -0.39 is 11.9 Å². The molecule has 0 aliphatic rings. The fourth-order valence-corrected chi connectivity index (χ4v) is 3.40. The normalized spacial score (nSPS) is 10.3. The molecule has 0 saturated heterocycles. The Bertz CT molecular complexity index is 1070. The van der Waals surface area contributed by atoms with E-state index >= 15 is 0 Å². The first-order valence-electron chi connectivity index (χ1n) is 8.84. The van der Waals surface area contributed by atoms with E-state index in [1.165, 1.54) is 23.9 Å². The number of amides is 2. The van der Waals surface area contributed by atoms with Crippen molar-refractivity contribution in [2.45, 2.75) is 4.90 Å². The number of carbonyl (C=O) groups is 3. The molecule has 0 aromatic heterocycles. The van der Waals surface area contributed by atoms with Gasteiger partial charge in [-0.1, -0.05) is 23.7 Å². The van der Waals surface area contributed by atoms with E-state index in [-0.39, 0.29) is 22.8 Å². The summed E-state index contributed by atoms with van der Waals surface area (Å²) in [5.41, 5.74) is 1.22. The lowest BCUT2D eigenvalue weighted by Gasteiger charge is -2.09. The molecule has 0 fully saturated rings. The Morgan fingerprint density at radius 1 is 0.800 bits per heavy atom. The topological polar surface area (TPSA) is 95.5 Å². The molecule has 8 heteroatoms. The van der Waals surface area contributed by atoms with Crippen LogP contribution in [0.15, 0.2) is 77.7 Å². The van der Waals surface area contributed by atoms with E-state index in [2.05, 4.69) is 10.6 Å². The van der Waals surface area contributed by atoms with E-state index in [4.69, 9.17) is 11.6 Å². The highest BCUT2D eigenvalue weighted by Gasteiger charge is 2.15. The molecular weight excluding hydrogens is 424 g/mol. The molecular formula is C22H17ClN2O4S. The van der Waals surface area contributed by atoms with Crippen LogP contribution in [0, 0.1) is 0 Å². The summed E-state index contributed by atoms with van der Waals surface area (Å²) in [6.45, 7) is 0. The van der Waals surface area contributed by atoms with Gasteiger partial charge in [0.25, 0.3) is 5.91 Å². The summed E-state index contributed by atoms with van der Waals surface area (Å²) in [5.74, 6) is -1.59. The van der Waals surface area contributed by atoms with Gasteiger partial charge < -0.3 is 15.7 Å². The third-order valence-electron chi connectivity index (χ3n) is 4.01. The number of hydrogen-bond acceptors (Lipinski definition) is 4. The number of rotatable bonds is 7. The molecule has 3 rings (SSSR count). The highest BCUT2D eigenvalue weighted by Crippen LogP contribution is 2.22. The van der Waals surface area contributed by atoms with Crippen LogP contribution in [0.4, 0.5) is 11.4 Å². The molecule has 0 radical (unpaired) electrons. The standard InChI is InChI=1S/C22H17ClN2O4S/c23-14-5-7-15(8-6-14)24-20(26)13-30-17-11-9-16(10-12-17)25-21(27)18-3-1-2-4-19(18)22(28)29/h1-12H,13H2,(H,24,26)(H,25,27)(H,28,29). The zero-order valence-electron chi connectivity index (χ0n) is 15.6. The Kier molecular flexibility index (Phi) is 7.11. The number of halogens is 1. The van der Waals surface area contributed by atoms with E-state index in [9.17, 15) is 19.5 Å². The monoisotopic (exact) mass is 440 g/mol. The van der Waals surface area contributed by atoms with Crippen molar-refractivity contribution in [1.29, 1.82) is 0 Å². The molecule has 3 aromatic carbocycles. The Morgan fingerprint density at radius 2 is 1.37 bits per heavy atom. The van der Waals surface area contributed by atoms with Crippen molar-refractivity contribution in [1.82, 2.24) is 0 Å². The van der Waals surface area contributed by atoms with Gasteiger partial charge in [0, 0.05) is 21.3 Å². The van der Waals surface area contributed by atoms with Gasteiger partial charge in [-0.05, 0) is 60.7 Å². The molecule has 3 aromatic rings. The largest absolute Gasteiger partial charge is 0.478 e. The lowest BCUT2D eigenvalue weighted by atomic mass is 10.1. The molecule has 0 spiro atoms. The predicted molar refractivity (Wildman–Crippen MR) is 119 cm³/mol. The second-order valence-corrected chi connectivity index (χ2v) is 7.66. The average Bonchev–Trinajstić information content (AvgIpc) is 2.75. The highest BCUT2D eigenvalue weighted by molar-refractivity contribution is 8.00. The number of hydrogen-bond donors (Lipinski definition) is 3. The van der Waals surface area contributed by atoms with E-state index in [0.717, 1.165) is 4.90 Å². The molecule has 6 nitrogen and oxygen atoms in total. The van der Waals surface area contributed by atoms with Crippen molar-refractivity contribution in [2.75, 3.05) is 16.4 Å². The van der Waals surface area contributed by atoms with Crippen LogP contribution in [0.1, 0.15) is 20.7 Å². The Balaban J connectivity index is 1.55. The van der Waals surface area contributed by atoms with E-state index in [1.54, 1.807) is 60.7 Å². The smallest absolute Gasteiger partial charge is 0.336 e. The highest BCUT2D eigenvalue weighted by atomic mass is 35.5. The minimum absolute atomic E-state index is 0.0612. The molecule has 0 heterocycles. The fraction of sp³-hybridized carbons (Fsp3) is 0.0455. The maximum absolute atomic E-state index is 12.4. The summed E-state index contributed by atoms with van der Waals surface area (Å²) in [4.78, 5) is 36.6. The number of carbonyl (C=O) groups excluding carboxylic acids is 2. The van der Waals surface area contributed by atoms with Crippen LogP contribution in [0.5, 0.6) is 0 Å². The number of nitrogens with one attached hydrogen (secondary N) is 2. The van der Waals surface area contributed by atoms with Crippen LogP contribution >= 0.6 is 23.4 Å². The van der Waals surface area contributed by atoms with Crippen LogP contribution < -0.4 is 10.6 Å². The van der Waals surface area contributed by atoms with Gasteiger partial charge in [-0.3, -0.25) is 9.59 Å². The minimum atomic E-state index is -1.16. The molecule has 30 heavy (non-hydrogen) atoms. The third kappa shape index (κ3) is 5.85. The van der Waals surface area contributed by atoms with Gasteiger partial charge in [0.2, 0.25) is 5.91 Å². The number of thioether (sulfide) groups is 1. The first-order valence-corrected chi connectivity index (χ1v) is 10.2. The van der Waals surface area contributed by atoms with Crippen molar-refractivity contribution in [3.8, 4) is 0 Å².